The van der Waals surface area contributed by atoms with Gasteiger partial charge in [0, 0.05) is 19.4 Å². The number of nitrogens with one attached hydrogen (secondary N) is 1. The number of halogens is 2. The van der Waals surface area contributed by atoms with Crippen molar-refractivity contribution in [2.75, 3.05) is 18.2 Å². The summed E-state index contributed by atoms with van der Waals surface area (Å²) in [5.41, 5.74) is 5.65. The van der Waals surface area contributed by atoms with Gasteiger partial charge in [-0.1, -0.05) is 6.07 Å². The second kappa shape index (κ2) is 8.62. The predicted molar refractivity (Wildman–Crippen MR) is 95.5 cm³/mol. The van der Waals surface area contributed by atoms with Gasteiger partial charge >= 0.3 is 6.29 Å². The molecule has 12 heteroatoms. The van der Waals surface area contributed by atoms with Crippen molar-refractivity contribution in [3.05, 3.63) is 46.5 Å². The molecule has 0 aliphatic carbocycles. The van der Waals surface area contributed by atoms with Gasteiger partial charge in [-0.15, -0.1) is 8.78 Å². The highest BCUT2D eigenvalue weighted by atomic mass is 19.3. The molecule has 0 atom stereocenters. The zero-order valence-electron chi connectivity index (χ0n) is 14.6. The first-order valence-corrected chi connectivity index (χ1v) is 7.52. The van der Waals surface area contributed by atoms with Crippen LogP contribution in [0.2, 0.25) is 0 Å². The second-order valence-corrected chi connectivity index (χ2v) is 5.17. The van der Waals surface area contributed by atoms with Gasteiger partial charge in [-0.2, -0.15) is 0 Å². The molecule has 0 radical (unpaired) electrons. The highest BCUT2D eigenvalue weighted by Gasteiger charge is 2.15. The van der Waals surface area contributed by atoms with E-state index in [1.807, 2.05) is 0 Å². The molecule has 0 aliphatic heterocycles. The third-order valence-electron chi connectivity index (χ3n) is 3.45. The maximum Gasteiger partial charge on any atom is 0.483 e. The fourth-order valence-corrected chi connectivity index (χ4v) is 2.17. The number of ether oxygens (including phenoxy) is 1. The number of amides is 1. The fourth-order valence-electron chi connectivity index (χ4n) is 2.17. The van der Waals surface area contributed by atoms with E-state index in [1.54, 1.807) is 18.2 Å². The number of fused-ring (bicyclic) bond motifs is 1. The molecule has 0 spiro atoms. The quantitative estimate of drug-likeness (QED) is 0.640. The molecule has 2 aromatic heterocycles. The average molecular weight is 392 g/mol. The molecule has 3 aromatic rings. The molecule has 0 bridgehead atoms. The Bertz CT molecular complexity index is 1080. The summed E-state index contributed by atoms with van der Waals surface area (Å²) in [7, 11) is 3.00. The van der Waals surface area contributed by atoms with E-state index < -0.39 is 12.2 Å². The molecular weight excluding hydrogens is 378 g/mol. The van der Waals surface area contributed by atoms with Crippen LogP contribution in [-0.2, 0) is 7.05 Å². The van der Waals surface area contributed by atoms with Crippen LogP contribution >= 0.6 is 0 Å². The lowest BCUT2D eigenvalue weighted by Crippen LogP contribution is -2.25. The van der Waals surface area contributed by atoms with E-state index in [4.69, 9.17) is 15.3 Å². The first-order chi connectivity index (χ1) is 13.2. The van der Waals surface area contributed by atoms with Gasteiger partial charge in [0.05, 0.1) is 18.1 Å². The van der Waals surface area contributed by atoms with Crippen molar-refractivity contribution in [3.63, 3.8) is 0 Å². The molecule has 3 N–H and O–H groups in total. The Kier molecular flexibility index (Phi) is 6.26. The summed E-state index contributed by atoms with van der Waals surface area (Å²) in [6.07, 6.45) is -0.255. The van der Waals surface area contributed by atoms with Crippen molar-refractivity contribution in [1.29, 1.82) is 0 Å². The lowest BCUT2D eigenvalue weighted by atomic mass is 10.2. The molecule has 0 fully saturated rings. The number of carbonyl (C=O) groups excluding carboxylic acids is 2. The van der Waals surface area contributed by atoms with Crippen LogP contribution < -0.4 is 21.3 Å². The van der Waals surface area contributed by atoms with Crippen LogP contribution in [0.3, 0.4) is 0 Å². The van der Waals surface area contributed by atoms with Crippen LogP contribution in [0.25, 0.3) is 10.9 Å². The Morgan fingerprint density at radius 1 is 1.21 bits per heavy atom. The summed E-state index contributed by atoms with van der Waals surface area (Å²) in [5.74, 6) is 0.0783. The monoisotopic (exact) mass is 392 g/mol. The van der Waals surface area contributed by atoms with Gasteiger partial charge in [0.2, 0.25) is 11.9 Å². The molecule has 28 heavy (non-hydrogen) atoms. The molecule has 146 valence electrons. The van der Waals surface area contributed by atoms with Crippen molar-refractivity contribution >= 4 is 35.0 Å². The lowest BCUT2D eigenvalue weighted by molar-refractivity contribution is 0.102. The zero-order valence-corrected chi connectivity index (χ0v) is 14.6. The molecule has 1 aromatic carbocycles. The van der Waals surface area contributed by atoms with E-state index in [9.17, 15) is 18.4 Å². The van der Waals surface area contributed by atoms with Crippen molar-refractivity contribution in [2.24, 2.45) is 7.05 Å². The molecule has 0 saturated carbocycles. The van der Waals surface area contributed by atoms with E-state index in [0.717, 1.165) is 0 Å². The minimum Gasteiger partial charge on any atom is -0.494 e. The van der Waals surface area contributed by atoms with E-state index in [-0.39, 0.29) is 23.0 Å². The van der Waals surface area contributed by atoms with Crippen molar-refractivity contribution in [3.8, 4) is 5.75 Å². The number of nitrogen functional groups attached to an aromatic ring is 1. The van der Waals surface area contributed by atoms with Crippen LogP contribution in [0.5, 0.6) is 5.75 Å². The summed E-state index contributed by atoms with van der Waals surface area (Å²) in [6.45, 7) is 0. The number of carbonyl (C=O) groups is 2. The number of rotatable bonds is 3. The first kappa shape index (κ1) is 20.4. The minimum absolute atomic E-state index is 0.0625. The highest BCUT2D eigenvalue weighted by molar-refractivity contribution is 6.03. The molecule has 0 unspecified atom stereocenters. The summed E-state index contributed by atoms with van der Waals surface area (Å²) >= 11 is 0. The molecule has 10 nitrogen and oxygen atoms in total. The lowest BCUT2D eigenvalue weighted by Gasteiger charge is -2.11. The largest absolute Gasteiger partial charge is 0.494 e. The number of para-hydroxylation sites is 1. The van der Waals surface area contributed by atoms with E-state index in [2.05, 4.69) is 20.3 Å². The number of aromatic nitrogens is 4. The van der Waals surface area contributed by atoms with Crippen LogP contribution in [0.4, 0.5) is 25.5 Å². The van der Waals surface area contributed by atoms with Crippen LogP contribution in [0.15, 0.2) is 35.4 Å². The Morgan fingerprint density at radius 2 is 1.82 bits per heavy atom. The Balaban J connectivity index is 0.000000640. The van der Waals surface area contributed by atoms with Gasteiger partial charge in [0.25, 0.3) is 11.5 Å². The first-order valence-electron chi connectivity index (χ1n) is 7.52. The Morgan fingerprint density at radius 3 is 2.39 bits per heavy atom. The average Bonchev–Trinajstić information content (AvgIpc) is 2.65. The maximum absolute atomic E-state index is 12.5. The van der Waals surface area contributed by atoms with Gasteiger partial charge in [0.1, 0.15) is 11.3 Å². The number of hydrogen-bond acceptors (Lipinski definition) is 8. The molecule has 2 heterocycles. The Labute approximate surface area is 156 Å². The van der Waals surface area contributed by atoms with Crippen LogP contribution in [-0.4, -0.2) is 38.8 Å². The molecule has 0 saturated heterocycles. The molecule has 3 rings (SSSR count). The summed E-state index contributed by atoms with van der Waals surface area (Å²) < 4.78 is 25.9. The fraction of sp³-hybridized carbons (Fsp3) is 0.125. The van der Waals surface area contributed by atoms with Crippen LogP contribution in [0, 0.1) is 0 Å². The van der Waals surface area contributed by atoms with Crippen molar-refractivity contribution in [1.82, 2.24) is 19.5 Å². The SMILES string of the molecule is COc1cccc2c(=O)n(C)c(NC(=O)c3cnc(N)nc3)nc12.O=C(F)F. The number of hydrogen-bond donors (Lipinski definition) is 2. The number of methoxy groups -OCH3 is 1. The summed E-state index contributed by atoms with van der Waals surface area (Å²) in [5, 5.41) is 2.96. The van der Waals surface area contributed by atoms with Crippen molar-refractivity contribution in [2.45, 2.75) is 0 Å². The smallest absolute Gasteiger partial charge is 0.483 e. The normalized spacial score (nSPS) is 10.0. The van der Waals surface area contributed by atoms with Gasteiger partial charge in [-0.05, 0) is 12.1 Å². The van der Waals surface area contributed by atoms with Gasteiger partial charge in [0.15, 0.2) is 0 Å². The van der Waals surface area contributed by atoms with E-state index in [0.29, 0.717) is 16.7 Å². The number of nitrogens with two attached hydrogens (primary N) is 1. The van der Waals surface area contributed by atoms with Crippen molar-refractivity contribution < 1.29 is 23.1 Å². The second-order valence-electron chi connectivity index (χ2n) is 5.17. The zero-order chi connectivity index (χ0) is 20.8. The molecule has 0 aliphatic rings. The summed E-state index contributed by atoms with van der Waals surface area (Å²) in [6, 6.07) is 5.04. The van der Waals surface area contributed by atoms with Gasteiger partial charge in [-0.3, -0.25) is 19.5 Å². The topological polar surface area (TPSA) is 142 Å². The number of anilines is 2. The molecular formula is C16H14F2N6O4. The third-order valence-corrected chi connectivity index (χ3v) is 3.45. The Hall–Kier alpha value is -3.96. The van der Waals surface area contributed by atoms with E-state index in [1.165, 1.54) is 31.1 Å². The maximum atomic E-state index is 12.5. The van der Waals surface area contributed by atoms with Crippen LogP contribution in [0.1, 0.15) is 10.4 Å². The highest BCUT2D eigenvalue weighted by Crippen LogP contribution is 2.22. The van der Waals surface area contributed by atoms with Gasteiger partial charge in [-0.25, -0.2) is 19.7 Å². The van der Waals surface area contributed by atoms with Gasteiger partial charge < -0.3 is 10.5 Å². The van der Waals surface area contributed by atoms with E-state index >= 15 is 0 Å². The number of benzene rings is 1. The summed E-state index contributed by atoms with van der Waals surface area (Å²) in [4.78, 5) is 44.7. The standard InChI is InChI=1S/C15H14N6O3.CF2O/c1-21-13(23)9-4-3-5-10(24-2)11(9)19-15(21)20-12(22)8-6-17-14(16)18-7-8;2-1(3)4/h3-7H,1-2H3,(H2,16,17,18)(H,19,20,22);. The minimum atomic E-state index is -2.83. The number of nitrogens with zero attached hydrogens (tertiary/aromatic N) is 4. The molecule has 1 amide bonds. The third kappa shape index (κ3) is 4.60. The predicted octanol–water partition coefficient (Wildman–Crippen LogP) is 1.61.